The lowest BCUT2D eigenvalue weighted by Gasteiger charge is -2.00. The number of hydrogen-bond donors (Lipinski definition) is 1. The topological polar surface area (TPSA) is 77.8 Å². The Labute approximate surface area is 116 Å². The Balaban J connectivity index is 1.84. The van der Waals surface area contributed by atoms with Crippen molar-refractivity contribution < 1.29 is 4.52 Å². The van der Waals surface area contributed by atoms with E-state index in [-0.39, 0.29) is 0 Å². The molecule has 0 bridgehead atoms. The van der Waals surface area contributed by atoms with Gasteiger partial charge in [0.2, 0.25) is 0 Å². The van der Waals surface area contributed by atoms with Crippen LogP contribution in [0.15, 0.2) is 47.2 Å². The average Bonchev–Trinajstić information content (AvgIpc) is 2.91. The van der Waals surface area contributed by atoms with E-state index in [1.54, 1.807) is 12.4 Å². The van der Waals surface area contributed by atoms with Gasteiger partial charge < -0.3 is 10.3 Å². The second-order valence-corrected chi connectivity index (χ2v) is 4.62. The van der Waals surface area contributed by atoms with E-state index < -0.39 is 0 Å². The van der Waals surface area contributed by atoms with Gasteiger partial charge in [0.25, 0.3) is 5.89 Å². The number of nitrogens with two attached hydrogens (primary N) is 1. The summed E-state index contributed by atoms with van der Waals surface area (Å²) < 4.78 is 5.30. The van der Waals surface area contributed by atoms with E-state index in [0.717, 1.165) is 22.4 Å². The van der Waals surface area contributed by atoms with E-state index in [9.17, 15) is 0 Å². The Morgan fingerprint density at radius 2 is 1.95 bits per heavy atom. The fourth-order valence-electron chi connectivity index (χ4n) is 1.93. The van der Waals surface area contributed by atoms with Crippen LogP contribution in [0.5, 0.6) is 0 Å². The summed E-state index contributed by atoms with van der Waals surface area (Å²) in [6, 6.07) is 9.54. The molecule has 0 spiro atoms. The van der Waals surface area contributed by atoms with E-state index in [1.807, 2.05) is 37.3 Å². The summed E-state index contributed by atoms with van der Waals surface area (Å²) in [6.07, 6.45) is 4.12. The maximum absolute atomic E-state index is 5.80. The van der Waals surface area contributed by atoms with Gasteiger partial charge in [-0.25, -0.2) is 0 Å². The number of aryl methyl sites for hydroxylation is 1. The molecule has 5 heteroatoms. The fraction of sp³-hybridized carbons (Fsp3) is 0.133. The number of nitrogen functional groups attached to an aromatic ring is 1. The van der Waals surface area contributed by atoms with Crippen molar-refractivity contribution in [3.63, 3.8) is 0 Å². The van der Waals surface area contributed by atoms with Gasteiger partial charge in [0.05, 0.1) is 0 Å². The molecule has 0 unspecified atom stereocenters. The highest BCUT2D eigenvalue weighted by molar-refractivity contribution is 5.60. The molecule has 3 aromatic rings. The molecule has 0 saturated heterocycles. The maximum Gasteiger partial charge on any atom is 0.257 e. The third-order valence-electron chi connectivity index (χ3n) is 3.10. The Morgan fingerprint density at radius 3 is 2.70 bits per heavy atom. The molecule has 0 aliphatic carbocycles. The van der Waals surface area contributed by atoms with Crippen LogP contribution >= 0.6 is 0 Å². The van der Waals surface area contributed by atoms with Crippen molar-refractivity contribution in [1.82, 2.24) is 15.1 Å². The van der Waals surface area contributed by atoms with Crippen LogP contribution in [0.4, 0.5) is 5.69 Å². The quantitative estimate of drug-likeness (QED) is 0.737. The van der Waals surface area contributed by atoms with Crippen molar-refractivity contribution in [2.75, 3.05) is 5.73 Å². The lowest BCUT2D eigenvalue weighted by molar-refractivity contribution is 0.424. The molecular weight excluding hydrogens is 252 g/mol. The smallest absolute Gasteiger partial charge is 0.257 e. The van der Waals surface area contributed by atoms with Crippen LogP contribution in [-0.2, 0) is 6.42 Å². The number of aromatic nitrogens is 3. The van der Waals surface area contributed by atoms with E-state index in [4.69, 9.17) is 10.3 Å². The number of anilines is 1. The minimum atomic E-state index is 0.511. The number of benzene rings is 1. The largest absolute Gasteiger partial charge is 0.399 e. The molecule has 2 heterocycles. The van der Waals surface area contributed by atoms with Crippen LogP contribution in [0.1, 0.15) is 17.0 Å². The monoisotopic (exact) mass is 266 g/mol. The zero-order valence-corrected chi connectivity index (χ0v) is 11.1. The first-order chi connectivity index (χ1) is 9.72. The number of pyridine rings is 1. The van der Waals surface area contributed by atoms with Gasteiger partial charge in [0.1, 0.15) is 0 Å². The van der Waals surface area contributed by atoms with Crippen molar-refractivity contribution >= 4 is 5.69 Å². The summed E-state index contributed by atoms with van der Waals surface area (Å²) in [4.78, 5) is 8.39. The summed E-state index contributed by atoms with van der Waals surface area (Å²) in [5, 5.41) is 4.00. The average molecular weight is 266 g/mol. The van der Waals surface area contributed by atoms with Gasteiger partial charge >= 0.3 is 0 Å². The van der Waals surface area contributed by atoms with Crippen LogP contribution in [0.2, 0.25) is 0 Å². The Morgan fingerprint density at radius 1 is 1.15 bits per heavy atom. The number of hydrogen-bond acceptors (Lipinski definition) is 5. The highest BCUT2D eigenvalue weighted by Gasteiger charge is 2.10. The molecule has 2 aromatic heterocycles. The number of rotatable bonds is 3. The molecule has 1 aromatic carbocycles. The van der Waals surface area contributed by atoms with Crippen molar-refractivity contribution in [1.29, 1.82) is 0 Å². The summed E-state index contributed by atoms with van der Waals surface area (Å²) >= 11 is 0. The van der Waals surface area contributed by atoms with E-state index in [1.165, 1.54) is 0 Å². The highest BCUT2D eigenvalue weighted by Crippen LogP contribution is 2.22. The SMILES string of the molecule is Cc1cc(-c2nc(Cc3ccncc3)no2)ccc1N. The molecule has 0 atom stereocenters. The Bertz CT molecular complexity index is 722. The zero-order chi connectivity index (χ0) is 13.9. The second kappa shape index (κ2) is 5.13. The fourth-order valence-corrected chi connectivity index (χ4v) is 1.93. The molecule has 0 aliphatic rings. The third kappa shape index (κ3) is 2.51. The Kier molecular flexibility index (Phi) is 3.16. The van der Waals surface area contributed by atoms with Crippen molar-refractivity contribution in [2.45, 2.75) is 13.3 Å². The minimum absolute atomic E-state index is 0.511. The summed E-state index contributed by atoms with van der Waals surface area (Å²) in [6.45, 7) is 1.95. The number of nitrogens with zero attached hydrogens (tertiary/aromatic N) is 3. The lowest BCUT2D eigenvalue weighted by atomic mass is 10.1. The summed E-state index contributed by atoms with van der Waals surface area (Å²) in [5.41, 5.74) is 9.53. The standard InChI is InChI=1S/C15H14N4O/c1-10-8-12(2-3-13(10)16)15-18-14(19-20-15)9-11-4-6-17-7-5-11/h2-8H,9,16H2,1H3. The van der Waals surface area contributed by atoms with Crippen LogP contribution in [0, 0.1) is 6.92 Å². The molecule has 100 valence electrons. The van der Waals surface area contributed by atoms with Gasteiger partial charge in [0.15, 0.2) is 5.82 Å². The van der Waals surface area contributed by atoms with Gasteiger partial charge in [-0.3, -0.25) is 4.98 Å². The molecule has 20 heavy (non-hydrogen) atoms. The van der Waals surface area contributed by atoms with Crippen molar-refractivity contribution in [3.8, 4) is 11.5 Å². The predicted molar refractivity (Wildman–Crippen MR) is 75.9 cm³/mol. The molecule has 3 rings (SSSR count). The van der Waals surface area contributed by atoms with Gasteiger partial charge in [-0.05, 0) is 48.4 Å². The van der Waals surface area contributed by atoms with E-state index in [2.05, 4.69) is 15.1 Å². The van der Waals surface area contributed by atoms with Crippen LogP contribution in [-0.4, -0.2) is 15.1 Å². The molecule has 0 aliphatic heterocycles. The third-order valence-corrected chi connectivity index (χ3v) is 3.10. The second-order valence-electron chi connectivity index (χ2n) is 4.62. The van der Waals surface area contributed by atoms with E-state index >= 15 is 0 Å². The van der Waals surface area contributed by atoms with Gasteiger partial charge in [0, 0.05) is 30.1 Å². The molecule has 0 amide bonds. The normalized spacial score (nSPS) is 10.7. The molecule has 0 fully saturated rings. The molecule has 0 radical (unpaired) electrons. The first-order valence-electron chi connectivity index (χ1n) is 6.30. The highest BCUT2D eigenvalue weighted by atomic mass is 16.5. The van der Waals surface area contributed by atoms with Crippen LogP contribution < -0.4 is 5.73 Å². The summed E-state index contributed by atoms with van der Waals surface area (Å²) in [5.74, 6) is 1.16. The molecular formula is C15H14N4O. The Hall–Kier alpha value is -2.69. The van der Waals surface area contributed by atoms with Gasteiger partial charge in [-0.15, -0.1) is 0 Å². The minimum Gasteiger partial charge on any atom is -0.399 e. The first-order valence-corrected chi connectivity index (χ1v) is 6.30. The zero-order valence-electron chi connectivity index (χ0n) is 11.1. The van der Waals surface area contributed by atoms with Crippen molar-refractivity contribution in [3.05, 3.63) is 59.7 Å². The first kappa shape index (κ1) is 12.3. The van der Waals surface area contributed by atoms with Gasteiger partial charge in [-0.2, -0.15) is 4.98 Å². The maximum atomic E-state index is 5.80. The lowest BCUT2D eigenvalue weighted by Crippen LogP contribution is -1.91. The van der Waals surface area contributed by atoms with Crippen molar-refractivity contribution in [2.24, 2.45) is 0 Å². The van der Waals surface area contributed by atoms with Crippen LogP contribution in [0.25, 0.3) is 11.5 Å². The molecule has 5 nitrogen and oxygen atoms in total. The van der Waals surface area contributed by atoms with E-state index in [0.29, 0.717) is 18.1 Å². The molecule has 2 N–H and O–H groups in total. The predicted octanol–water partition coefficient (Wildman–Crippen LogP) is 2.61. The summed E-state index contributed by atoms with van der Waals surface area (Å²) in [7, 11) is 0. The van der Waals surface area contributed by atoms with Gasteiger partial charge in [-0.1, -0.05) is 5.16 Å². The molecule has 0 saturated carbocycles. The van der Waals surface area contributed by atoms with Crippen LogP contribution in [0.3, 0.4) is 0 Å².